The fourth-order valence-corrected chi connectivity index (χ4v) is 3.04. The number of para-hydroxylation sites is 1. The molecule has 0 aliphatic carbocycles. The minimum atomic E-state index is -0.815. The molecule has 26 heavy (non-hydrogen) atoms. The van der Waals surface area contributed by atoms with E-state index in [0.29, 0.717) is 32.0 Å². The molecule has 1 aromatic heterocycles. The number of piperazine rings is 1. The number of carbonyl (C=O) groups is 1. The van der Waals surface area contributed by atoms with Crippen LogP contribution in [0.3, 0.4) is 0 Å². The standard InChI is InChI=1S/C19H26N4O3/c1-19(2,3)26-18(25)23-12-10-22(11-13-23)15-7-5-4-6-14(15)16(24)17-20-8-9-21-17/h4-9,16,24H,10-13H2,1-3H3,(H,20,21). The van der Waals surface area contributed by atoms with Crippen LogP contribution in [0.1, 0.15) is 38.3 Å². The van der Waals surface area contributed by atoms with Gasteiger partial charge in [-0.3, -0.25) is 0 Å². The number of amides is 1. The number of ether oxygens (including phenoxy) is 1. The summed E-state index contributed by atoms with van der Waals surface area (Å²) in [4.78, 5) is 23.2. The largest absolute Gasteiger partial charge is 0.444 e. The van der Waals surface area contributed by atoms with Crippen molar-refractivity contribution in [1.82, 2.24) is 14.9 Å². The van der Waals surface area contributed by atoms with Crippen molar-refractivity contribution in [2.45, 2.75) is 32.5 Å². The van der Waals surface area contributed by atoms with Crippen molar-refractivity contribution < 1.29 is 14.6 Å². The molecule has 140 valence electrons. The van der Waals surface area contributed by atoms with Crippen molar-refractivity contribution in [3.05, 3.63) is 48.0 Å². The van der Waals surface area contributed by atoms with E-state index < -0.39 is 11.7 Å². The molecule has 2 heterocycles. The topological polar surface area (TPSA) is 81.7 Å². The van der Waals surface area contributed by atoms with Crippen molar-refractivity contribution in [2.75, 3.05) is 31.1 Å². The van der Waals surface area contributed by atoms with Crippen LogP contribution in [0.5, 0.6) is 0 Å². The zero-order chi connectivity index (χ0) is 18.7. The lowest BCUT2D eigenvalue weighted by Crippen LogP contribution is -2.50. The Balaban J connectivity index is 1.70. The summed E-state index contributed by atoms with van der Waals surface area (Å²) in [5, 5.41) is 10.7. The smallest absolute Gasteiger partial charge is 0.410 e. The molecule has 1 fully saturated rings. The normalized spacial score (nSPS) is 16.5. The first-order chi connectivity index (χ1) is 12.3. The molecule has 3 rings (SSSR count). The number of benzene rings is 1. The fourth-order valence-electron chi connectivity index (χ4n) is 3.04. The van der Waals surface area contributed by atoms with Gasteiger partial charge in [0.05, 0.1) is 0 Å². The summed E-state index contributed by atoms with van der Waals surface area (Å²) >= 11 is 0. The van der Waals surface area contributed by atoms with Crippen molar-refractivity contribution in [1.29, 1.82) is 0 Å². The monoisotopic (exact) mass is 358 g/mol. The molecule has 0 spiro atoms. The van der Waals surface area contributed by atoms with Crippen molar-refractivity contribution in [3.8, 4) is 0 Å². The van der Waals surface area contributed by atoms with Gasteiger partial charge in [0, 0.05) is 49.8 Å². The van der Waals surface area contributed by atoms with Gasteiger partial charge >= 0.3 is 6.09 Å². The molecule has 1 unspecified atom stereocenters. The van der Waals surface area contributed by atoms with E-state index in [1.54, 1.807) is 17.3 Å². The van der Waals surface area contributed by atoms with Gasteiger partial charge in [0.25, 0.3) is 0 Å². The van der Waals surface area contributed by atoms with Crippen molar-refractivity contribution in [3.63, 3.8) is 0 Å². The molecule has 7 nitrogen and oxygen atoms in total. The Kier molecular flexibility index (Phi) is 5.18. The maximum atomic E-state index is 12.2. The Labute approximate surface area is 153 Å². The first-order valence-electron chi connectivity index (χ1n) is 8.84. The fraction of sp³-hybridized carbons (Fsp3) is 0.474. The molecular formula is C19H26N4O3. The minimum absolute atomic E-state index is 0.277. The second-order valence-corrected chi connectivity index (χ2v) is 7.39. The predicted molar refractivity (Wildman–Crippen MR) is 99.1 cm³/mol. The number of nitrogens with zero attached hydrogens (tertiary/aromatic N) is 3. The molecule has 1 amide bonds. The van der Waals surface area contributed by atoms with Gasteiger partial charge in [-0.25, -0.2) is 9.78 Å². The highest BCUT2D eigenvalue weighted by Gasteiger charge is 2.27. The molecule has 7 heteroatoms. The second-order valence-electron chi connectivity index (χ2n) is 7.39. The number of anilines is 1. The zero-order valence-electron chi connectivity index (χ0n) is 15.5. The van der Waals surface area contributed by atoms with Crippen LogP contribution >= 0.6 is 0 Å². The van der Waals surface area contributed by atoms with Crippen LogP contribution < -0.4 is 4.90 Å². The third-order valence-corrected chi connectivity index (χ3v) is 4.28. The maximum absolute atomic E-state index is 12.2. The first kappa shape index (κ1) is 18.3. The summed E-state index contributed by atoms with van der Waals surface area (Å²) in [6, 6.07) is 7.75. The van der Waals surface area contributed by atoms with Gasteiger partial charge in [-0.05, 0) is 26.8 Å². The summed E-state index contributed by atoms with van der Waals surface area (Å²) in [6.45, 7) is 8.14. The number of hydrogen-bond acceptors (Lipinski definition) is 5. The van der Waals surface area contributed by atoms with Crippen molar-refractivity contribution >= 4 is 11.8 Å². The van der Waals surface area contributed by atoms with E-state index in [1.165, 1.54) is 0 Å². The highest BCUT2D eigenvalue weighted by Crippen LogP contribution is 2.30. The molecule has 1 aliphatic rings. The molecule has 2 N–H and O–H groups in total. The third-order valence-electron chi connectivity index (χ3n) is 4.28. The molecule has 1 atom stereocenters. The van der Waals surface area contributed by atoms with Gasteiger partial charge in [-0.2, -0.15) is 0 Å². The second kappa shape index (κ2) is 7.37. The van der Waals surface area contributed by atoms with Crippen LogP contribution in [0.4, 0.5) is 10.5 Å². The Morgan fingerprint density at radius 3 is 2.54 bits per heavy atom. The molecular weight excluding hydrogens is 332 g/mol. The quantitative estimate of drug-likeness (QED) is 0.881. The average Bonchev–Trinajstić information content (AvgIpc) is 3.14. The zero-order valence-corrected chi connectivity index (χ0v) is 15.5. The van der Waals surface area contributed by atoms with Crippen LogP contribution in [-0.4, -0.2) is 57.8 Å². The Hall–Kier alpha value is -2.54. The Morgan fingerprint density at radius 1 is 1.23 bits per heavy atom. The molecule has 0 saturated carbocycles. The number of imidazole rings is 1. The maximum Gasteiger partial charge on any atom is 0.410 e. The molecule has 0 bridgehead atoms. The van der Waals surface area contributed by atoms with Gasteiger partial charge in [-0.1, -0.05) is 18.2 Å². The van der Waals surface area contributed by atoms with Gasteiger partial charge in [0.15, 0.2) is 0 Å². The van der Waals surface area contributed by atoms with Crippen LogP contribution in [0, 0.1) is 0 Å². The van der Waals surface area contributed by atoms with Crippen LogP contribution in [-0.2, 0) is 4.74 Å². The lowest BCUT2D eigenvalue weighted by atomic mass is 10.0. The van der Waals surface area contributed by atoms with Crippen LogP contribution in [0.2, 0.25) is 0 Å². The van der Waals surface area contributed by atoms with E-state index in [9.17, 15) is 9.90 Å². The number of H-pyrrole nitrogens is 1. The van der Waals surface area contributed by atoms with E-state index in [2.05, 4.69) is 14.9 Å². The summed E-state index contributed by atoms with van der Waals surface area (Å²) in [5.74, 6) is 0.518. The van der Waals surface area contributed by atoms with E-state index in [-0.39, 0.29) is 6.09 Å². The van der Waals surface area contributed by atoms with E-state index in [0.717, 1.165) is 11.3 Å². The SMILES string of the molecule is CC(C)(C)OC(=O)N1CCN(c2ccccc2C(O)c2ncc[nH]2)CC1. The molecule has 1 saturated heterocycles. The lowest BCUT2D eigenvalue weighted by molar-refractivity contribution is 0.0240. The number of carbonyl (C=O) groups excluding carboxylic acids is 1. The van der Waals surface area contributed by atoms with Crippen molar-refractivity contribution in [2.24, 2.45) is 0 Å². The van der Waals surface area contributed by atoms with E-state index in [1.807, 2.05) is 45.0 Å². The molecule has 1 aromatic carbocycles. The lowest BCUT2D eigenvalue weighted by Gasteiger charge is -2.37. The van der Waals surface area contributed by atoms with Gasteiger partial charge in [0.2, 0.25) is 0 Å². The summed E-state index contributed by atoms with van der Waals surface area (Å²) in [7, 11) is 0. The summed E-state index contributed by atoms with van der Waals surface area (Å²) in [6.07, 6.45) is 2.23. The molecule has 0 radical (unpaired) electrons. The number of nitrogens with one attached hydrogen (secondary N) is 1. The Morgan fingerprint density at radius 2 is 1.92 bits per heavy atom. The number of aliphatic hydroxyl groups is 1. The van der Waals surface area contributed by atoms with Gasteiger partial charge in [-0.15, -0.1) is 0 Å². The van der Waals surface area contributed by atoms with E-state index >= 15 is 0 Å². The highest BCUT2D eigenvalue weighted by molar-refractivity contribution is 5.69. The number of rotatable bonds is 3. The molecule has 2 aromatic rings. The number of aliphatic hydroxyl groups excluding tert-OH is 1. The van der Waals surface area contributed by atoms with Crippen LogP contribution in [0.25, 0.3) is 0 Å². The first-order valence-corrected chi connectivity index (χ1v) is 8.84. The van der Waals surface area contributed by atoms with E-state index in [4.69, 9.17) is 4.74 Å². The van der Waals surface area contributed by atoms with Gasteiger partial charge in [0.1, 0.15) is 17.5 Å². The Bertz CT molecular complexity index is 731. The number of aromatic nitrogens is 2. The van der Waals surface area contributed by atoms with Gasteiger partial charge < -0.3 is 24.6 Å². The summed E-state index contributed by atoms with van der Waals surface area (Å²) in [5.41, 5.74) is 1.27. The summed E-state index contributed by atoms with van der Waals surface area (Å²) < 4.78 is 5.45. The average molecular weight is 358 g/mol. The highest BCUT2D eigenvalue weighted by atomic mass is 16.6. The minimum Gasteiger partial charge on any atom is -0.444 e. The number of aromatic amines is 1. The molecule has 1 aliphatic heterocycles. The van der Waals surface area contributed by atoms with Crippen LogP contribution in [0.15, 0.2) is 36.7 Å². The predicted octanol–water partition coefficient (Wildman–Crippen LogP) is 2.55. The third kappa shape index (κ3) is 4.16. The number of hydrogen-bond donors (Lipinski definition) is 2.